The molecule has 1 aromatic rings. The first-order valence-corrected chi connectivity index (χ1v) is 6.88. The third-order valence-corrected chi connectivity index (χ3v) is 3.24. The molecular formula is C16H21NO3. The normalized spacial score (nSPS) is 15.5. The number of ether oxygens (including phenoxy) is 3. The largest absolute Gasteiger partial charge is 0.495 e. The van der Waals surface area contributed by atoms with E-state index in [1.165, 1.54) is 0 Å². The van der Waals surface area contributed by atoms with Gasteiger partial charge in [-0.3, -0.25) is 0 Å². The standard InChI is InChI=1S/C16H21NO3/c1-18-16-5-4-13(11-14(16)3-2-8-17)12-20-15-6-9-19-10-7-15/h4-5,11,15H,6-10,12,17H2,1H3. The van der Waals surface area contributed by atoms with E-state index in [9.17, 15) is 0 Å². The van der Waals surface area contributed by atoms with Gasteiger partial charge in [0.1, 0.15) is 5.75 Å². The molecule has 0 bridgehead atoms. The summed E-state index contributed by atoms with van der Waals surface area (Å²) in [6.45, 7) is 2.51. The lowest BCUT2D eigenvalue weighted by Gasteiger charge is -2.22. The Balaban J connectivity index is 2.00. The van der Waals surface area contributed by atoms with Crippen LogP contribution in [0, 0.1) is 11.8 Å². The molecule has 108 valence electrons. The van der Waals surface area contributed by atoms with Crippen LogP contribution in [0.4, 0.5) is 0 Å². The number of hydrogen-bond acceptors (Lipinski definition) is 4. The molecule has 1 heterocycles. The lowest BCUT2D eigenvalue weighted by molar-refractivity contribution is -0.0390. The smallest absolute Gasteiger partial charge is 0.134 e. The average Bonchev–Trinajstić information content (AvgIpc) is 2.52. The van der Waals surface area contributed by atoms with Gasteiger partial charge in [0.2, 0.25) is 0 Å². The number of methoxy groups -OCH3 is 1. The van der Waals surface area contributed by atoms with Gasteiger partial charge in [-0.1, -0.05) is 17.9 Å². The van der Waals surface area contributed by atoms with E-state index in [0.717, 1.165) is 42.9 Å². The minimum atomic E-state index is 0.296. The van der Waals surface area contributed by atoms with Crippen LogP contribution in [0.2, 0.25) is 0 Å². The quantitative estimate of drug-likeness (QED) is 0.850. The van der Waals surface area contributed by atoms with Crippen molar-refractivity contribution in [2.45, 2.75) is 25.6 Å². The van der Waals surface area contributed by atoms with Crippen molar-refractivity contribution in [2.75, 3.05) is 26.9 Å². The van der Waals surface area contributed by atoms with Crippen LogP contribution in [0.25, 0.3) is 0 Å². The first kappa shape index (κ1) is 14.9. The van der Waals surface area contributed by atoms with Crippen LogP contribution in [0.5, 0.6) is 5.75 Å². The molecule has 0 aliphatic carbocycles. The summed E-state index contributed by atoms with van der Waals surface area (Å²) >= 11 is 0. The number of rotatable bonds is 4. The third-order valence-electron chi connectivity index (χ3n) is 3.24. The Hall–Kier alpha value is -1.54. The molecule has 2 rings (SSSR count). The topological polar surface area (TPSA) is 53.7 Å². The van der Waals surface area contributed by atoms with Crippen molar-refractivity contribution in [3.63, 3.8) is 0 Å². The summed E-state index contributed by atoms with van der Waals surface area (Å²) in [5.74, 6) is 6.64. The predicted octanol–water partition coefficient (Wildman–Crippen LogP) is 1.70. The molecule has 1 fully saturated rings. The fourth-order valence-corrected chi connectivity index (χ4v) is 2.15. The van der Waals surface area contributed by atoms with Gasteiger partial charge in [0.05, 0.1) is 31.9 Å². The van der Waals surface area contributed by atoms with E-state index >= 15 is 0 Å². The maximum Gasteiger partial charge on any atom is 0.134 e. The van der Waals surface area contributed by atoms with Gasteiger partial charge in [-0.2, -0.15) is 0 Å². The summed E-state index contributed by atoms with van der Waals surface area (Å²) < 4.78 is 16.5. The molecule has 4 heteroatoms. The second kappa shape index (κ2) is 7.91. The van der Waals surface area contributed by atoms with Crippen LogP contribution in [0.1, 0.15) is 24.0 Å². The van der Waals surface area contributed by atoms with Crippen LogP contribution < -0.4 is 10.5 Å². The number of benzene rings is 1. The van der Waals surface area contributed by atoms with E-state index in [2.05, 4.69) is 11.8 Å². The second-order valence-electron chi connectivity index (χ2n) is 4.66. The summed E-state index contributed by atoms with van der Waals surface area (Å²) in [6, 6.07) is 5.93. The van der Waals surface area contributed by atoms with Crippen molar-refractivity contribution in [3.05, 3.63) is 29.3 Å². The zero-order valence-corrected chi connectivity index (χ0v) is 11.9. The van der Waals surface area contributed by atoms with Gasteiger partial charge < -0.3 is 19.9 Å². The Kier molecular flexibility index (Phi) is 5.87. The van der Waals surface area contributed by atoms with Crippen molar-refractivity contribution in [2.24, 2.45) is 5.73 Å². The van der Waals surface area contributed by atoms with Crippen LogP contribution in [-0.2, 0) is 16.1 Å². The van der Waals surface area contributed by atoms with Gasteiger partial charge in [0.25, 0.3) is 0 Å². The third kappa shape index (κ3) is 4.24. The zero-order chi connectivity index (χ0) is 14.2. The molecule has 1 aliphatic rings. The fourth-order valence-electron chi connectivity index (χ4n) is 2.15. The molecule has 20 heavy (non-hydrogen) atoms. The van der Waals surface area contributed by atoms with Gasteiger partial charge in [-0.05, 0) is 30.5 Å². The van der Waals surface area contributed by atoms with Crippen LogP contribution in [0.15, 0.2) is 18.2 Å². The van der Waals surface area contributed by atoms with E-state index in [1.54, 1.807) is 7.11 Å². The highest BCUT2D eigenvalue weighted by Gasteiger charge is 2.14. The highest BCUT2D eigenvalue weighted by molar-refractivity contribution is 5.48. The summed E-state index contributed by atoms with van der Waals surface area (Å²) in [5, 5.41) is 0. The van der Waals surface area contributed by atoms with Gasteiger partial charge in [-0.25, -0.2) is 0 Å². The molecular weight excluding hydrogens is 254 g/mol. The molecule has 2 N–H and O–H groups in total. The Labute approximate surface area is 120 Å². The maximum atomic E-state index is 5.91. The zero-order valence-electron chi connectivity index (χ0n) is 11.9. The number of nitrogens with two attached hydrogens (primary N) is 1. The van der Waals surface area contributed by atoms with Crippen molar-refractivity contribution in [1.82, 2.24) is 0 Å². The highest BCUT2D eigenvalue weighted by Crippen LogP contribution is 2.20. The van der Waals surface area contributed by atoms with E-state index in [-0.39, 0.29) is 0 Å². The van der Waals surface area contributed by atoms with E-state index < -0.39 is 0 Å². The molecule has 1 aliphatic heterocycles. The van der Waals surface area contributed by atoms with Gasteiger partial charge in [0, 0.05) is 13.2 Å². The molecule has 4 nitrogen and oxygen atoms in total. The Bertz CT molecular complexity index is 484. The molecule has 0 spiro atoms. The van der Waals surface area contributed by atoms with E-state index in [4.69, 9.17) is 19.9 Å². The summed E-state index contributed by atoms with van der Waals surface area (Å²) in [5.41, 5.74) is 7.36. The van der Waals surface area contributed by atoms with E-state index in [1.807, 2.05) is 18.2 Å². The van der Waals surface area contributed by atoms with Gasteiger partial charge >= 0.3 is 0 Å². The molecule has 0 amide bonds. The van der Waals surface area contributed by atoms with Crippen LogP contribution in [-0.4, -0.2) is 33.0 Å². The first-order chi connectivity index (χ1) is 9.83. The molecule has 0 saturated carbocycles. The Morgan fingerprint density at radius 1 is 1.35 bits per heavy atom. The highest BCUT2D eigenvalue weighted by atomic mass is 16.5. The van der Waals surface area contributed by atoms with Crippen molar-refractivity contribution in [1.29, 1.82) is 0 Å². The number of hydrogen-bond donors (Lipinski definition) is 1. The Morgan fingerprint density at radius 3 is 2.85 bits per heavy atom. The second-order valence-corrected chi connectivity index (χ2v) is 4.66. The minimum Gasteiger partial charge on any atom is -0.495 e. The van der Waals surface area contributed by atoms with Crippen LogP contribution >= 0.6 is 0 Å². The van der Waals surface area contributed by atoms with Gasteiger partial charge in [-0.15, -0.1) is 0 Å². The summed E-state index contributed by atoms with van der Waals surface area (Å²) in [6.07, 6.45) is 2.23. The lowest BCUT2D eigenvalue weighted by Crippen LogP contribution is -2.23. The summed E-state index contributed by atoms with van der Waals surface area (Å²) in [4.78, 5) is 0. The van der Waals surface area contributed by atoms with Crippen molar-refractivity contribution >= 4 is 0 Å². The molecule has 0 unspecified atom stereocenters. The maximum absolute atomic E-state index is 5.91. The molecule has 1 aromatic carbocycles. The van der Waals surface area contributed by atoms with Crippen molar-refractivity contribution < 1.29 is 14.2 Å². The first-order valence-electron chi connectivity index (χ1n) is 6.88. The SMILES string of the molecule is COc1ccc(COC2CCOCC2)cc1C#CCN. The lowest BCUT2D eigenvalue weighted by atomic mass is 10.1. The van der Waals surface area contributed by atoms with E-state index in [0.29, 0.717) is 19.3 Å². The van der Waals surface area contributed by atoms with Gasteiger partial charge in [0.15, 0.2) is 0 Å². The molecule has 0 atom stereocenters. The monoisotopic (exact) mass is 275 g/mol. The fraction of sp³-hybridized carbons (Fsp3) is 0.500. The van der Waals surface area contributed by atoms with Crippen LogP contribution in [0.3, 0.4) is 0 Å². The predicted molar refractivity (Wildman–Crippen MR) is 77.6 cm³/mol. The Morgan fingerprint density at radius 2 is 2.15 bits per heavy atom. The molecule has 0 radical (unpaired) electrons. The minimum absolute atomic E-state index is 0.296. The summed E-state index contributed by atoms with van der Waals surface area (Å²) in [7, 11) is 1.64. The average molecular weight is 275 g/mol. The molecule has 1 saturated heterocycles. The van der Waals surface area contributed by atoms with Crippen molar-refractivity contribution in [3.8, 4) is 17.6 Å². The molecule has 0 aromatic heterocycles.